The maximum Gasteiger partial charge on any atom is 0.270 e. The van der Waals surface area contributed by atoms with Crippen LogP contribution >= 0.6 is 0 Å². The van der Waals surface area contributed by atoms with Gasteiger partial charge in [0.15, 0.2) is 0 Å². The topological polar surface area (TPSA) is 71.0 Å². The molecule has 0 bridgehead atoms. The number of carbonyl (C=O) groups excluding carboxylic acids is 1. The van der Waals surface area contributed by atoms with Gasteiger partial charge in [-0.3, -0.25) is 9.59 Å². The lowest BCUT2D eigenvalue weighted by molar-refractivity contribution is 0.0772. The first-order valence-corrected chi connectivity index (χ1v) is 10.5. The summed E-state index contributed by atoms with van der Waals surface area (Å²) in [7, 11) is 1.72. The molecule has 158 valence electrons. The Morgan fingerprint density at radius 2 is 1.69 bits per heavy atom. The van der Waals surface area contributed by atoms with Gasteiger partial charge in [0.05, 0.1) is 17.4 Å². The van der Waals surface area contributed by atoms with Gasteiger partial charge in [0.25, 0.3) is 11.5 Å². The summed E-state index contributed by atoms with van der Waals surface area (Å²) < 4.78 is 2.04. The highest BCUT2D eigenvalue weighted by atomic mass is 16.2. The predicted octanol–water partition coefficient (Wildman–Crippen LogP) is 4.20. The first-order chi connectivity index (χ1) is 15.6. The van der Waals surface area contributed by atoms with Gasteiger partial charge in [-0.15, -0.1) is 0 Å². The van der Waals surface area contributed by atoms with Gasteiger partial charge in [-0.25, -0.2) is 4.98 Å². The van der Waals surface area contributed by atoms with Crippen LogP contribution in [0.15, 0.2) is 89.7 Å². The minimum atomic E-state index is -0.204. The van der Waals surface area contributed by atoms with E-state index in [1.165, 1.54) is 0 Å². The van der Waals surface area contributed by atoms with Crippen molar-refractivity contribution in [2.24, 2.45) is 0 Å². The Morgan fingerprint density at radius 3 is 2.53 bits per heavy atom. The lowest BCUT2D eigenvalue weighted by Gasteiger charge is -2.18. The molecule has 6 nitrogen and oxygen atoms in total. The summed E-state index contributed by atoms with van der Waals surface area (Å²) in [5.74, 6) is 0.322. The van der Waals surface area contributed by atoms with E-state index in [9.17, 15) is 9.59 Å². The fourth-order valence-corrected chi connectivity index (χ4v) is 4.03. The van der Waals surface area contributed by atoms with Crippen molar-refractivity contribution in [3.63, 3.8) is 0 Å². The third-order valence-electron chi connectivity index (χ3n) is 5.61. The lowest BCUT2D eigenvalue weighted by Crippen LogP contribution is -2.30. The molecule has 0 spiro atoms. The highest BCUT2D eigenvalue weighted by molar-refractivity contribution is 5.98. The van der Waals surface area contributed by atoms with Crippen LogP contribution in [0.4, 0.5) is 0 Å². The van der Waals surface area contributed by atoms with Crippen LogP contribution in [-0.4, -0.2) is 32.4 Å². The summed E-state index contributed by atoms with van der Waals surface area (Å²) in [6.45, 7) is 0.792. The molecule has 0 saturated heterocycles. The second-order valence-electron chi connectivity index (χ2n) is 7.85. The number of rotatable bonds is 5. The molecule has 6 heteroatoms. The van der Waals surface area contributed by atoms with E-state index in [0.29, 0.717) is 29.0 Å². The summed E-state index contributed by atoms with van der Waals surface area (Å²) in [6, 6.07) is 27.2. The van der Waals surface area contributed by atoms with E-state index < -0.39 is 0 Å². The minimum absolute atomic E-state index is 0.132. The molecule has 3 aromatic carbocycles. The first-order valence-electron chi connectivity index (χ1n) is 10.5. The Kier molecular flexibility index (Phi) is 5.03. The monoisotopic (exact) mass is 422 g/mol. The average molecular weight is 422 g/mol. The van der Waals surface area contributed by atoms with Crippen LogP contribution in [0, 0.1) is 0 Å². The van der Waals surface area contributed by atoms with Gasteiger partial charge in [-0.1, -0.05) is 60.7 Å². The van der Waals surface area contributed by atoms with Crippen molar-refractivity contribution in [2.75, 3.05) is 7.05 Å². The van der Waals surface area contributed by atoms with Crippen LogP contribution in [0.25, 0.3) is 21.8 Å². The van der Waals surface area contributed by atoms with Crippen molar-refractivity contribution < 1.29 is 4.79 Å². The van der Waals surface area contributed by atoms with E-state index in [-0.39, 0.29) is 18.0 Å². The smallest absolute Gasteiger partial charge is 0.270 e. The molecule has 2 heterocycles. The molecule has 1 N–H and O–H groups in total. The number of aromatic nitrogens is 3. The number of nitrogens with zero attached hydrogens (tertiary/aromatic N) is 3. The fraction of sp³-hybridized carbons (Fsp3) is 0.115. The van der Waals surface area contributed by atoms with Crippen LogP contribution in [0.2, 0.25) is 0 Å². The van der Waals surface area contributed by atoms with Gasteiger partial charge >= 0.3 is 0 Å². The van der Waals surface area contributed by atoms with Crippen molar-refractivity contribution in [3.05, 3.63) is 112 Å². The van der Waals surface area contributed by atoms with Crippen LogP contribution < -0.4 is 5.56 Å². The summed E-state index contributed by atoms with van der Waals surface area (Å²) in [6.07, 6.45) is 0. The first kappa shape index (κ1) is 19.8. The van der Waals surface area contributed by atoms with Crippen molar-refractivity contribution in [1.29, 1.82) is 0 Å². The van der Waals surface area contributed by atoms with Crippen molar-refractivity contribution in [1.82, 2.24) is 19.4 Å². The van der Waals surface area contributed by atoms with Crippen LogP contribution in [0.1, 0.15) is 21.9 Å². The Bertz CT molecular complexity index is 1480. The fourth-order valence-electron chi connectivity index (χ4n) is 4.03. The SMILES string of the molecule is CN(Cc1nc2ccccc2c(=O)[nH]1)C(=O)c1cc2ccccc2n1Cc1ccccc1. The van der Waals surface area contributed by atoms with E-state index in [1.807, 2.05) is 59.2 Å². The van der Waals surface area contributed by atoms with Crippen LogP contribution in [0.3, 0.4) is 0 Å². The number of para-hydroxylation sites is 2. The summed E-state index contributed by atoms with van der Waals surface area (Å²) in [4.78, 5) is 34.8. The third-order valence-corrected chi connectivity index (χ3v) is 5.61. The Morgan fingerprint density at radius 1 is 0.969 bits per heavy atom. The molecule has 32 heavy (non-hydrogen) atoms. The maximum absolute atomic E-state index is 13.5. The zero-order valence-electron chi connectivity index (χ0n) is 17.7. The van der Waals surface area contributed by atoms with Gasteiger partial charge < -0.3 is 14.5 Å². The number of nitrogens with one attached hydrogen (secondary N) is 1. The molecular formula is C26H22N4O2. The van der Waals surface area contributed by atoms with Crippen molar-refractivity contribution >= 4 is 27.7 Å². The molecule has 0 aliphatic heterocycles. The standard InChI is InChI=1S/C26H22N4O2/c1-29(17-24-27-21-13-7-6-12-20(21)25(31)28-24)26(32)23-15-19-11-5-8-14-22(19)30(23)16-18-9-3-2-4-10-18/h2-15H,16-17H2,1H3,(H,27,28,31). The minimum Gasteiger partial charge on any atom is -0.333 e. The quantitative estimate of drug-likeness (QED) is 0.462. The predicted molar refractivity (Wildman–Crippen MR) is 126 cm³/mol. The van der Waals surface area contributed by atoms with Crippen LogP contribution in [-0.2, 0) is 13.1 Å². The van der Waals surface area contributed by atoms with E-state index in [4.69, 9.17) is 0 Å². The number of carbonyl (C=O) groups is 1. The molecule has 2 aromatic heterocycles. The summed E-state index contributed by atoms with van der Waals surface area (Å²) in [5, 5.41) is 1.55. The zero-order chi connectivity index (χ0) is 22.1. The summed E-state index contributed by atoms with van der Waals surface area (Å²) in [5.41, 5.74) is 3.13. The van der Waals surface area contributed by atoms with Crippen molar-refractivity contribution in [3.8, 4) is 0 Å². The molecule has 5 rings (SSSR count). The Hall–Kier alpha value is -4.19. The van der Waals surface area contributed by atoms with E-state index in [2.05, 4.69) is 22.1 Å². The second-order valence-corrected chi connectivity index (χ2v) is 7.85. The summed E-state index contributed by atoms with van der Waals surface area (Å²) >= 11 is 0. The highest BCUT2D eigenvalue weighted by Crippen LogP contribution is 2.23. The molecular weight excluding hydrogens is 400 g/mol. The number of amides is 1. The average Bonchev–Trinajstić information content (AvgIpc) is 3.17. The van der Waals surface area contributed by atoms with Crippen molar-refractivity contribution in [2.45, 2.75) is 13.1 Å². The lowest BCUT2D eigenvalue weighted by atomic mass is 10.2. The Balaban J connectivity index is 1.49. The number of fused-ring (bicyclic) bond motifs is 2. The molecule has 0 saturated carbocycles. The molecule has 0 aliphatic carbocycles. The number of hydrogen-bond acceptors (Lipinski definition) is 3. The molecule has 1 amide bonds. The van der Waals surface area contributed by atoms with Gasteiger partial charge in [-0.2, -0.15) is 0 Å². The van der Waals surface area contributed by atoms with Gasteiger partial charge in [0, 0.05) is 24.5 Å². The largest absolute Gasteiger partial charge is 0.333 e. The van der Waals surface area contributed by atoms with E-state index >= 15 is 0 Å². The number of hydrogen-bond donors (Lipinski definition) is 1. The molecule has 0 fully saturated rings. The number of aromatic amines is 1. The van der Waals surface area contributed by atoms with Gasteiger partial charge in [-0.05, 0) is 29.8 Å². The van der Waals surface area contributed by atoms with E-state index in [1.54, 1.807) is 30.1 Å². The number of benzene rings is 3. The van der Waals surface area contributed by atoms with E-state index in [0.717, 1.165) is 16.5 Å². The normalized spacial score (nSPS) is 11.2. The maximum atomic E-state index is 13.5. The third kappa shape index (κ3) is 3.67. The van der Waals surface area contributed by atoms with Gasteiger partial charge in [0.1, 0.15) is 11.5 Å². The van der Waals surface area contributed by atoms with Crippen LogP contribution in [0.5, 0.6) is 0 Å². The molecule has 0 unspecified atom stereocenters. The molecule has 5 aromatic rings. The number of H-pyrrole nitrogens is 1. The Labute approximate surface area is 184 Å². The second kappa shape index (κ2) is 8.15. The zero-order valence-corrected chi connectivity index (χ0v) is 17.7. The molecule has 0 radical (unpaired) electrons. The molecule has 0 aliphatic rings. The highest BCUT2D eigenvalue weighted by Gasteiger charge is 2.20. The van der Waals surface area contributed by atoms with Gasteiger partial charge in [0.2, 0.25) is 0 Å². The molecule has 0 atom stereocenters.